The normalized spacial score (nSPS) is 16.0. The molecule has 29 heavy (non-hydrogen) atoms. The van der Waals surface area contributed by atoms with Crippen LogP contribution in [-0.2, 0) is 27.6 Å². The van der Waals surface area contributed by atoms with Crippen molar-refractivity contribution in [1.29, 1.82) is 0 Å². The highest BCUT2D eigenvalue weighted by molar-refractivity contribution is 7.89. The molecule has 1 fully saturated rings. The number of sulfonamides is 1. The lowest BCUT2D eigenvalue weighted by molar-refractivity contribution is 0.181. The first-order valence-corrected chi connectivity index (χ1v) is 11.2. The number of ether oxygens (including phenoxy) is 1. The van der Waals surface area contributed by atoms with Crippen LogP contribution in [0.1, 0.15) is 29.5 Å². The second-order valence-corrected chi connectivity index (χ2v) is 8.84. The van der Waals surface area contributed by atoms with Gasteiger partial charge >= 0.3 is 6.09 Å². The van der Waals surface area contributed by atoms with E-state index in [0.29, 0.717) is 18.0 Å². The van der Waals surface area contributed by atoms with E-state index >= 15 is 0 Å². The van der Waals surface area contributed by atoms with Gasteiger partial charge in [0.05, 0.1) is 18.0 Å². The Bertz CT molecular complexity index is 1080. The summed E-state index contributed by atoms with van der Waals surface area (Å²) >= 11 is 0. The Labute approximate surface area is 170 Å². The van der Waals surface area contributed by atoms with Crippen LogP contribution in [0.15, 0.2) is 47.4 Å². The quantitative estimate of drug-likeness (QED) is 0.787. The summed E-state index contributed by atoms with van der Waals surface area (Å²) in [6, 6.07) is 12.6. The zero-order valence-corrected chi connectivity index (χ0v) is 16.8. The number of carbonyl (C=O) groups excluding carboxylic acids is 1. The molecule has 1 aliphatic heterocycles. The van der Waals surface area contributed by atoms with Crippen molar-refractivity contribution in [1.82, 2.24) is 4.72 Å². The van der Waals surface area contributed by atoms with Crippen molar-refractivity contribution in [2.45, 2.75) is 30.6 Å². The maximum absolute atomic E-state index is 12.5. The molecule has 4 rings (SSSR count). The molecule has 1 heterocycles. The van der Waals surface area contributed by atoms with Crippen molar-refractivity contribution in [2.24, 2.45) is 0 Å². The van der Waals surface area contributed by atoms with Crippen LogP contribution in [0.2, 0.25) is 0 Å². The number of rotatable bonds is 4. The molecule has 2 aromatic carbocycles. The third-order valence-electron chi connectivity index (χ3n) is 5.15. The van der Waals surface area contributed by atoms with E-state index in [2.05, 4.69) is 16.6 Å². The SMILES string of the molecule is O=C1OCCN1c1ccc(C#CCNS(=O)(=O)c2ccc3c(c2)CCCC3)cc1. The van der Waals surface area contributed by atoms with Crippen molar-refractivity contribution in [3.63, 3.8) is 0 Å². The summed E-state index contributed by atoms with van der Waals surface area (Å²) < 4.78 is 32.5. The van der Waals surface area contributed by atoms with Gasteiger partial charge in [-0.15, -0.1) is 0 Å². The number of fused-ring (bicyclic) bond motifs is 1. The Balaban J connectivity index is 1.37. The van der Waals surface area contributed by atoms with Crippen LogP contribution in [0.3, 0.4) is 0 Å². The Hall–Kier alpha value is -2.82. The van der Waals surface area contributed by atoms with Crippen molar-refractivity contribution < 1.29 is 17.9 Å². The van der Waals surface area contributed by atoms with Crippen molar-refractivity contribution in [2.75, 3.05) is 24.6 Å². The van der Waals surface area contributed by atoms with Gasteiger partial charge < -0.3 is 4.74 Å². The van der Waals surface area contributed by atoms with Gasteiger partial charge in [0.1, 0.15) is 6.61 Å². The van der Waals surface area contributed by atoms with Crippen LogP contribution >= 0.6 is 0 Å². The van der Waals surface area contributed by atoms with E-state index < -0.39 is 10.0 Å². The Morgan fingerprint density at radius 3 is 2.52 bits per heavy atom. The van der Waals surface area contributed by atoms with E-state index in [-0.39, 0.29) is 12.6 Å². The van der Waals surface area contributed by atoms with E-state index in [1.807, 2.05) is 6.07 Å². The molecule has 1 amide bonds. The molecule has 7 heteroatoms. The molecule has 150 valence electrons. The van der Waals surface area contributed by atoms with E-state index in [4.69, 9.17) is 4.74 Å². The van der Waals surface area contributed by atoms with E-state index in [9.17, 15) is 13.2 Å². The number of hydrogen-bond donors (Lipinski definition) is 1. The number of anilines is 1. The lowest BCUT2D eigenvalue weighted by atomic mass is 9.92. The largest absolute Gasteiger partial charge is 0.447 e. The van der Waals surface area contributed by atoms with Gasteiger partial charge in [0.15, 0.2) is 0 Å². The first-order valence-electron chi connectivity index (χ1n) is 9.68. The molecule has 0 atom stereocenters. The third kappa shape index (κ3) is 4.44. The average molecular weight is 410 g/mol. The maximum Gasteiger partial charge on any atom is 0.414 e. The average Bonchev–Trinajstić information content (AvgIpc) is 3.17. The van der Waals surface area contributed by atoms with Crippen LogP contribution in [0.4, 0.5) is 10.5 Å². The molecule has 1 aliphatic carbocycles. The van der Waals surface area contributed by atoms with Gasteiger partial charge in [-0.25, -0.2) is 13.2 Å². The van der Waals surface area contributed by atoms with Gasteiger partial charge in [-0.3, -0.25) is 4.90 Å². The van der Waals surface area contributed by atoms with Gasteiger partial charge in [-0.05, 0) is 73.2 Å². The smallest absolute Gasteiger partial charge is 0.414 e. The minimum absolute atomic E-state index is 0.0274. The van der Waals surface area contributed by atoms with Crippen LogP contribution in [0, 0.1) is 11.8 Å². The summed E-state index contributed by atoms with van der Waals surface area (Å²) in [6.07, 6.45) is 3.87. The zero-order chi connectivity index (χ0) is 20.3. The zero-order valence-electron chi connectivity index (χ0n) is 16.0. The van der Waals surface area contributed by atoms with Crippen molar-refractivity contribution >= 4 is 21.8 Å². The summed E-state index contributed by atoms with van der Waals surface area (Å²) in [6.45, 7) is 0.957. The first kappa shape index (κ1) is 19.5. The number of amides is 1. The summed E-state index contributed by atoms with van der Waals surface area (Å²) in [5, 5.41) is 0. The van der Waals surface area contributed by atoms with Gasteiger partial charge in [0.25, 0.3) is 0 Å². The first-order chi connectivity index (χ1) is 14.0. The van der Waals surface area contributed by atoms with Crippen molar-refractivity contribution in [3.05, 3.63) is 59.2 Å². The molecule has 0 bridgehead atoms. The highest BCUT2D eigenvalue weighted by atomic mass is 32.2. The standard InChI is InChI=1S/C22H22N2O4S/c25-22-24(14-15-28-22)20-10-7-17(8-11-20)4-3-13-23-29(26,27)21-12-9-18-5-1-2-6-19(18)16-21/h7-12,16,23H,1-2,5-6,13-15H2. The monoisotopic (exact) mass is 410 g/mol. The minimum atomic E-state index is -3.58. The molecule has 1 saturated heterocycles. The molecule has 0 aromatic heterocycles. The number of benzene rings is 2. The lowest BCUT2D eigenvalue weighted by Gasteiger charge is -2.16. The van der Waals surface area contributed by atoms with E-state index in [1.54, 1.807) is 41.3 Å². The molecule has 6 nitrogen and oxygen atoms in total. The van der Waals surface area contributed by atoms with Crippen LogP contribution in [0.25, 0.3) is 0 Å². The van der Waals surface area contributed by atoms with E-state index in [0.717, 1.165) is 42.5 Å². The Morgan fingerprint density at radius 2 is 1.79 bits per heavy atom. The number of nitrogens with zero attached hydrogens (tertiary/aromatic N) is 1. The predicted octanol–water partition coefficient (Wildman–Crippen LogP) is 2.85. The Kier molecular flexibility index (Phi) is 5.56. The molecule has 0 unspecified atom stereocenters. The summed E-state index contributed by atoms with van der Waals surface area (Å²) in [4.78, 5) is 13.4. The fraction of sp³-hybridized carbons (Fsp3) is 0.318. The fourth-order valence-corrected chi connectivity index (χ4v) is 4.56. The summed E-state index contributed by atoms with van der Waals surface area (Å²) in [7, 11) is -3.58. The number of nitrogens with one attached hydrogen (secondary N) is 1. The van der Waals surface area contributed by atoms with Gasteiger partial charge in [0.2, 0.25) is 10.0 Å². The second-order valence-electron chi connectivity index (χ2n) is 7.08. The second kappa shape index (κ2) is 8.27. The van der Waals surface area contributed by atoms with Crippen LogP contribution in [0.5, 0.6) is 0 Å². The van der Waals surface area contributed by atoms with Gasteiger partial charge in [-0.2, -0.15) is 4.72 Å². The molecule has 0 radical (unpaired) electrons. The summed E-state index contributed by atoms with van der Waals surface area (Å²) in [5.41, 5.74) is 3.88. The number of carbonyl (C=O) groups is 1. The third-order valence-corrected chi connectivity index (χ3v) is 6.55. The van der Waals surface area contributed by atoms with Gasteiger partial charge in [-0.1, -0.05) is 17.9 Å². The topological polar surface area (TPSA) is 75.7 Å². The number of aryl methyl sites for hydroxylation is 2. The summed E-state index contributed by atoms with van der Waals surface area (Å²) in [5.74, 6) is 5.78. The Morgan fingerprint density at radius 1 is 1.03 bits per heavy atom. The molecule has 1 N–H and O–H groups in total. The lowest BCUT2D eigenvalue weighted by Crippen LogP contribution is -2.24. The molecule has 0 spiro atoms. The molecular weight excluding hydrogens is 388 g/mol. The molecule has 2 aromatic rings. The molecule has 0 saturated carbocycles. The minimum Gasteiger partial charge on any atom is -0.447 e. The van der Waals surface area contributed by atoms with Crippen molar-refractivity contribution in [3.8, 4) is 11.8 Å². The van der Waals surface area contributed by atoms with Crippen LogP contribution in [-0.4, -0.2) is 34.2 Å². The van der Waals surface area contributed by atoms with E-state index in [1.165, 1.54) is 5.56 Å². The maximum atomic E-state index is 12.5. The van der Waals surface area contributed by atoms with Gasteiger partial charge in [0, 0.05) is 11.3 Å². The molecule has 2 aliphatic rings. The molecular formula is C22H22N2O4S. The highest BCUT2D eigenvalue weighted by Gasteiger charge is 2.23. The van der Waals surface area contributed by atoms with Crippen LogP contribution < -0.4 is 9.62 Å². The number of hydrogen-bond acceptors (Lipinski definition) is 4. The fourth-order valence-electron chi connectivity index (χ4n) is 3.59. The predicted molar refractivity (Wildman–Crippen MR) is 110 cm³/mol. The number of cyclic esters (lactones) is 1. The highest BCUT2D eigenvalue weighted by Crippen LogP contribution is 2.24.